The Balaban J connectivity index is 1.54. The zero-order valence-corrected chi connectivity index (χ0v) is 17.0. The molecule has 2 amide bonds. The molecule has 1 atom stereocenters. The molecule has 154 valence electrons. The summed E-state index contributed by atoms with van der Waals surface area (Å²) in [7, 11) is 0. The number of benzene rings is 1. The average Bonchev–Trinajstić information content (AvgIpc) is 3.37. The molecule has 0 bridgehead atoms. The first-order valence-electron chi connectivity index (χ1n) is 10.00. The second-order valence-electron chi connectivity index (χ2n) is 7.69. The predicted octanol–water partition coefficient (Wildman–Crippen LogP) is 1.56. The molecule has 1 aromatic carbocycles. The minimum Gasteiger partial charge on any atom is -0.479 e. The van der Waals surface area contributed by atoms with E-state index in [1.165, 1.54) is 0 Å². The first kappa shape index (κ1) is 19.1. The highest BCUT2D eigenvalue weighted by molar-refractivity contribution is 6.31. The Hall–Kier alpha value is -2.90. The third kappa shape index (κ3) is 3.14. The van der Waals surface area contributed by atoms with Gasteiger partial charge in [0.2, 0.25) is 5.91 Å². The van der Waals surface area contributed by atoms with Gasteiger partial charge in [-0.25, -0.2) is 0 Å². The topological polar surface area (TPSA) is 97.5 Å². The number of hydrogen-bond donors (Lipinski definition) is 2. The van der Waals surface area contributed by atoms with Crippen molar-refractivity contribution >= 4 is 29.0 Å². The second kappa shape index (κ2) is 7.41. The van der Waals surface area contributed by atoms with Gasteiger partial charge in [0.1, 0.15) is 5.75 Å². The van der Waals surface area contributed by atoms with Crippen LogP contribution in [0.2, 0.25) is 5.02 Å². The van der Waals surface area contributed by atoms with Gasteiger partial charge in [-0.1, -0.05) is 17.7 Å². The highest BCUT2D eigenvalue weighted by atomic mass is 35.5. The number of nitrogens with two attached hydrogens (primary N) is 1. The number of carbonyl (C=O) groups excluding carboxylic acids is 2. The highest BCUT2D eigenvalue weighted by Crippen LogP contribution is 2.45. The highest BCUT2D eigenvalue weighted by Gasteiger charge is 2.36. The standard InChI is InChI=1S/C22H21ClN4O3/c23-13-9-12-10-18(22(29)27-7-5-25-6-8-27)30-20(12)16(11-13)14-3-4-26-17-2-1-15(19(14)17)21(24)28/h1,3-4,9,11,18,25H,2,5-8,10H2,(H2,24,28)/t18-/m1/s1. The van der Waals surface area contributed by atoms with Gasteiger partial charge < -0.3 is 20.7 Å². The van der Waals surface area contributed by atoms with Crippen LogP contribution in [-0.2, 0) is 22.4 Å². The van der Waals surface area contributed by atoms with Gasteiger partial charge in [-0.15, -0.1) is 0 Å². The Kier molecular flexibility index (Phi) is 4.72. The van der Waals surface area contributed by atoms with Crippen LogP contribution in [0.1, 0.15) is 16.8 Å². The van der Waals surface area contributed by atoms with Crippen molar-refractivity contribution in [3.63, 3.8) is 0 Å². The number of hydrogen-bond acceptors (Lipinski definition) is 5. The van der Waals surface area contributed by atoms with Crippen molar-refractivity contribution in [2.75, 3.05) is 26.2 Å². The van der Waals surface area contributed by atoms with Crippen LogP contribution in [0.3, 0.4) is 0 Å². The molecular weight excluding hydrogens is 404 g/mol. The molecule has 8 heteroatoms. The predicted molar refractivity (Wildman–Crippen MR) is 113 cm³/mol. The van der Waals surface area contributed by atoms with Gasteiger partial charge in [0.15, 0.2) is 6.10 Å². The number of halogens is 1. The number of fused-ring (bicyclic) bond motifs is 2. The van der Waals surface area contributed by atoms with Gasteiger partial charge >= 0.3 is 0 Å². The van der Waals surface area contributed by atoms with E-state index in [-0.39, 0.29) is 5.91 Å². The molecule has 5 rings (SSSR count). The lowest BCUT2D eigenvalue weighted by molar-refractivity contribution is -0.138. The summed E-state index contributed by atoms with van der Waals surface area (Å²) in [4.78, 5) is 31.2. The average molecular weight is 425 g/mol. The summed E-state index contributed by atoms with van der Waals surface area (Å²) in [5.74, 6) is 0.138. The summed E-state index contributed by atoms with van der Waals surface area (Å²) in [6.45, 7) is 2.92. The van der Waals surface area contributed by atoms with Crippen LogP contribution < -0.4 is 15.8 Å². The number of rotatable bonds is 3. The van der Waals surface area contributed by atoms with Gasteiger partial charge in [0, 0.05) is 72.5 Å². The van der Waals surface area contributed by atoms with Crippen LogP contribution in [0.15, 0.2) is 30.5 Å². The largest absolute Gasteiger partial charge is 0.479 e. The summed E-state index contributed by atoms with van der Waals surface area (Å²) in [5, 5.41) is 3.80. The van der Waals surface area contributed by atoms with Gasteiger partial charge in [-0.2, -0.15) is 0 Å². The fourth-order valence-corrected chi connectivity index (χ4v) is 4.70. The van der Waals surface area contributed by atoms with Crippen molar-refractivity contribution < 1.29 is 14.3 Å². The van der Waals surface area contributed by atoms with E-state index < -0.39 is 12.0 Å². The van der Waals surface area contributed by atoms with Crippen LogP contribution in [0.5, 0.6) is 5.75 Å². The number of pyridine rings is 1. The number of nitrogens with one attached hydrogen (secondary N) is 1. The molecule has 3 aliphatic rings. The van der Waals surface area contributed by atoms with E-state index in [9.17, 15) is 9.59 Å². The summed E-state index contributed by atoms with van der Waals surface area (Å²) in [6, 6.07) is 5.49. The van der Waals surface area contributed by atoms with E-state index in [0.717, 1.165) is 41.0 Å². The van der Waals surface area contributed by atoms with E-state index in [0.29, 0.717) is 42.3 Å². The molecule has 1 aliphatic carbocycles. The summed E-state index contributed by atoms with van der Waals surface area (Å²) in [5.41, 5.74) is 9.99. The van der Waals surface area contributed by atoms with E-state index in [4.69, 9.17) is 22.1 Å². The Morgan fingerprint density at radius 1 is 1.23 bits per heavy atom. The number of allylic oxidation sites excluding steroid dienone is 1. The first-order chi connectivity index (χ1) is 14.5. The van der Waals surface area contributed by atoms with E-state index in [1.807, 2.05) is 23.1 Å². The van der Waals surface area contributed by atoms with Gasteiger partial charge in [0.25, 0.3) is 5.91 Å². The molecule has 3 N–H and O–H groups in total. The molecular formula is C22H21ClN4O3. The first-order valence-corrected chi connectivity index (χ1v) is 10.4. The molecule has 3 heterocycles. The molecule has 1 saturated heterocycles. The maximum atomic E-state index is 13.0. The lowest BCUT2D eigenvalue weighted by atomic mass is 9.94. The Labute approximate surface area is 178 Å². The number of piperazine rings is 1. The Morgan fingerprint density at radius 2 is 2.03 bits per heavy atom. The molecule has 30 heavy (non-hydrogen) atoms. The molecule has 7 nitrogen and oxygen atoms in total. The van der Waals surface area contributed by atoms with Crippen LogP contribution in [-0.4, -0.2) is 54.0 Å². The van der Waals surface area contributed by atoms with Crippen LogP contribution in [0.25, 0.3) is 16.7 Å². The number of ether oxygens (including phenoxy) is 1. The summed E-state index contributed by atoms with van der Waals surface area (Å²) < 4.78 is 6.19. The van der Waals surface area contributed by atoms with Gasteiger partial charge in [0.05, 0.1) is 5.69 Å². The zero-order valence-electron chi connectivity index (χ0n) is 16.3. The number of nitrogens with zero attached hydrogens (tertiary/aromatic N) is 2. The summed E-state index contributed by atoms with van der Waals surface area (Å²) in [6.07, 6.45) is 3.95. The molecule has 2 aromatic rings. The smallest absolute Gasteiger partial charge is 0.264 e. The Morgan fingerprint density at radius 3 is 2.80 bits per heavy atom. The van der Waals surface area contributed by atoms with Crippen LogP contribution in [0, 0.1) is 0 Å². The fraction of sp³-hybridized carbons (Fsp3) is 0.318. The van der Waals surface area contributed by atoms with Crippen molar-refractivity contribution in [3.8, 4) is 16.9 Å². The monoisotopic (exact) mass is 424 g/mol. The lowest BCUT2D eigenvalue weighted by Gasteiger charge is -2.29. The molecule has 2 aliphatic heterocycles. The molecule has 0 unspecified atom stereocenters. The van der Waals surface area contributed by atoms with Crippen molar-refractivity contribution in [1.82, 2.24) is 15.2 Å². The van der Waals surface area contributed by atoms with Crippen molar-refractivity contribution in [1.29, 1.82) is 0 Å². The van der Waals surface area contributed by atoms with E-state index in [2.05, 4.69) is 10.3 Å². The van der Waals surface area contributed by atoms with Crippen molar-refractivity contribution in [2.24, 2.45) is 5.73 Å². The number of carbonyl (C=O) groups is 2. The molecule has 1 aromatic heterocycles. The number of aromatic nitrogens is 1. The van der Waals surface area contributed by atoms with Gasteiger partial charge in [-0.05, 0) is 23.8 Å². The maximum Gasteiger partial charge on any atom is 0.264 e. The third-order valence-electron chi connectivity index (χ3n) is 5.85. The lowest BCUT2D eigenvalue weighted by Crippen LogP contribution is -2.50. The normalized spacial score (nSPS) is 19.7. The fourth-order valence-electron chi connectivity index (χ4n) is 4.46. The van der Waals surface area contributed by atoms with Gasteiger partial charge in [-0.3, -0.25) is 14.6 Å². The third-order valence-corrected chi connectivity index (χ3v) is 6.07. The minimum atomic E-state index is -0.573. The molecule has 0 radical (unpaired) electrons. The summed E-state index contributed by atoms with van der Waals surface area (Å²) >= 11 is 6.42. The van der Waals surface area contributed by atoms with Crippen LogP contribution >= 0.6 is 11.6 Å². The minimum absolute atomic E-state index is 0.00699. The quantitative estimate of drug-likeness (QED) is 0.779. The van der Waals surface area contributed by atoms with Crippen molar-refractivity contribution in [3.05, 3.63) is 52.3 Å². The number of primary amides is 1. The molecule has 1 fully saturated rings. The van der Waals surface area contributed by atoms with Crippen molar-refractivity contribution in [2.45, 2.75) is 18.9 Å². The molecule has 0 saturated carbocycles. The second-order valence-corrected chi connectivity index (χ2v) is 8.13. The van der Waals surface area contributed by atoms with E-state index in [1.54, 1.807) is 12.3 Å². The SMILES string of the molecule is NC(=O)C1=CCc2nccc(-c3cc(Cl)cc4c3O[C@@H](C(=O)N3CCNCC3)C4)c21. The van der Waals surface area contributed by atoms with Crippen LogP contribution in [0.4, 0.5) is 0 Å². The molecule has 0 spiro atoms. The number of amides is 2. The van der Waals surface area contributed by atoms with E-state index >= 15 is 0 Å². The zero-order chi connectivity index (χ0) is 20.8. The maximum absolute atomic E-state index is 13.0. The Bertz CT molecular complexity index is 1090.